The lowest BCUT2D eigenvalue weighted by Crippen LogP contribution is -2.23. The predicted octanol–water partition coefficient (Wildman–Crippen LogP) is 1.44. The van der Waals surface area contributed by atoms with Crippen molar-refractivity contribution < 1.29 is 14.2 Å². The van der Waals surface area contributed by atoms with E-state index < -0.39 is 0 Å². The number of aromatic nitrogens is 3. The van der Waals surface area contributed by atoms with Crippen LogP contribution in [0.25, 0.3) is 16.8 Å². The van der Waals surface area contributed by atoms with Crippen LogP contribution in [-0.4, -0.2) is 33.0 Å². The molecule has 1 aromatic carbocycles. The molecule has 0 bridgehead atoms. The zero-order chi connectivity index (χ0) is 16.4. The first-order valence-corrected chi connectivity index (χ1v) is 7.12. The van der Waals surface area contributed by atoms with Gasteiger partial charge < -0.3 is 14.4 Å². The van der Waals surface area contributed by atoms with E-state index in [1.807, 2.05) is 0 Å². The summed E-state index contributed by atoms with van der Waals surface area (Å²) < 4.78 is 21.0. The van der Waals surface area contributed by atoms with Crippen molar-refractivity contribution in [3.8, 4) is 11.3 Å². The van der Waals surface area contributed by atoms with Crippen LogP contribution in [0, 0.1) is 5.82 Å². The molecule has 2 aromatic heterocycles. The number of fused-ring (bicyclic) bond motifs is 1. The lowest BCUT2D eigenvalue weighted by atomic mass is 10.1. The Morgan fingerprint density at radius 2 is 2.00 bits per heavy atom. The van der Waals surface area contributed by atoms with E-state index in [1.54, 1.807) is 31.6 Å². The van der Waals surface area contributed by atoms with Crippen LogP contribution >= 0.6 is 0 Å². The molecule has 2 heterocycles. The summed E-state index contributed by atoms with van der Waals surface area (Å²) in [5.74, 6) is -0.356. The molecule has 0 amide bonds. The molecule has 0 aliphatic heterocycles. The summed E-state index contributed by atoms with van der Waals surface area (Å²) in [7, 11) is 1.56. The monoisotopic (exact) mass is 317 g/mol. The summed E-state index contributed by atoms with van der Waals surface area (Å²) in [6.45, 7) is 0.483. The van der Waals surface area contributed by atoms with Gasteiger partial charge in [0.25, 0.3) is 5.56 Å². The highest BCUT2D eigenvalue weighted by molar-refractivity contribution is 5.72. The van der Waals surface area contributed by atoms with Crippen LogP contribution in [0.1, 0.15) is 5.56 Å². The molecule has 0 fully saturated rings. The summed E-state index contributed by atoms with van der Waals surface area (Å²) >= 11 is 0. The van der Waals surface area contributed by atoms with Crippen molar-refractivity contribution in [3.63, 3.8) is 0 Å². The highest BCUT2D eigenvalue weighted by Crippen LogP contribution is 2.25. The van der Waals surface area contributed by atoms with Gasteiger partial charge in [0, 0.05) is 37.2 Å². The molecule has 0 aliphatic rings. The van der Waals surface area contributed by atoms with Crippen LogP contribution < -0.4 is 5.56 Å². The van der Waals surface area contributed by atoms with E-state index in [0.717, 1.165) is 0 Å². The Hall–Kier alpha value is -2.51. The smallest absolute Gasteiger partial charge is 0.277 e. The minimum atomic E-state index is -0.356. The molecule has 3 aromatic rings. The minimum Gasteiger partial charge on any atom is -0.392 e. The van der Waals surface area contributed by atoms with Crippen molar-refractivity contribution >= 4 is 5.52 Å². The second-order valence-electron chi connectivity index (χ2n) is 5.07. The second-order valence-corrected chi connectivity index (χ2v) is 5.07. The standard InChI is InChI=1S/C16H16FN3O3/c1-23-9-8-19-6-7-20-15(16(19)22)13(10-21)14(18-20)11-2-4-12(17)5-3-11/h2-7,21H,8-10H2,1H3. The van der Waals surface area contributed by atoms with Gasteiger partial charge >= 0.3 is 0 Å². The normalized spacial score (nSPS) is 11.3. The van der Waals surface area contributed by atoms with Crippen LogP contribution in [0.15, 0.2) is 41.5 Å². The molecule has 0 spiro atoms. The van der Waals surface area contributed by atoms with E-state index in [2.05, 4.69) is 5.10 Å². The van der Waals surface area contributed by atoms with Gasteiger partial charge in [-0.25, -0.2) is 8.91 Å². The van der Waals surface area contributed by atoms with Gasteiger partial charge in [0.15, 0.2) is 0 Å². The Labute approximate surface area is 131 Å². The predicted molar refractivity (Wildman–Crippen MR) is 82.6 cm³/mol. The summed E-state index contributed by atoms with van der Waals surface area (Å²) in [6.07, 6.45) is 3.27. The summed E-state index contributed by atoms with van der Waals surface area (Å²) in [6, 6.07) is 5.77. The molecule has 0 atom stereocenters. The highest BCUT2D eigenvalue weighted by Gasteiger charge is 2.17. The molecule has 3 rings (SSSR count). The van der Waals surface area contributed by atoms with E-state index in [-0.39, 0.29) is 18.0 Å². The molecule has 0 saturated heterocycles. The fraction of sp³-hybridized carbons (Fsp3) is 0.250. The molecule has 0 aliphatic carbocycles. The molecule has 120 valence electrons. The Bertz CT molecular complexity index is 884. The van der Waals surface area contributed by atoms with Gasteiger partial charge in [-0.2, -0.15) is 5.10 Å². The maximum absolute atomic E-state index is 13.1. The van der Waals surface area contributed by atoms with Gasteiger partial charge in [0.1, 0.15) is 11.3 Å². The van der Waals surface area contributed by atoms with Crippen LogP contribution in [0.5, 0.6) is 0 Å². The van der Waals surface area contributed by atoms with E-state index in [4.69, 9.17) is 4.74 Å². The largest absolute Gasteiger partial charge is 0.392 e. The van der Waals surface area contributed by atoms with Crippen molar-refractivity contribution in [1.82, 2.24) is 14.2 Å². The SMILES string of the molecule is COCCn1ccn2nc(-c3ccc(F)cc3)c(CO)c2c1=O. The third-order valence-corrected chi connectivity index (χ3v) is 3.67. The maximum Gasteiger partial charge on any atom is 0.277 e. The lowest BCUT2D eigenvalue weighted by Gasteiger charge is -2.05. The summed E-state index contributed by atoms with van der Waals surface area (Å²) in [4.78, 5) is 12.6. The van der Waals surface area contributed by atoms with Crippen LogP contribution in [0.2, 0.25) is 0 Å². The van der Waals surface area contributed by atoms with Crippen LogP contribution in [0.4, 0.5) is 4.39 Å². The number of nitrogens with zero attached hydrogens (tertiary/aromatic N) is 3. The fourth-order valence-electron chi connectivity index (χ4n) is 2.51. The van der Waals surface area contributed by atoms with Crippen LogP contribution in [0.3, 0.4) is 0 Å². The number of methoxy groups -OCH3 is 1. The minimum absolute atomic E-state index is 0.255. The van der Waals surface area contributed by atoms with Crippen LogP contribution in [-0.2, 0) is 17.9 Å². The average molecular weight is 317 g/mol. The molecule has 6 nitrogen and oxygen atoms in total. The Balaban J connectivity index is 2.19. The van der Waals surface area contributed by atoms with Crippen molar-refractivity contribution in [2.75, 3.05) is 13.7 Å². The fourth-order valence-corrected chi connectivity index (χ4v) is 2.51. The quantitative estimate of drug-likeness (QED) is 0.773. The topological polar surface area (TPSA) is 68.8 Å². The number of hydrogen-bond donors (Lipinski definition) is 1. The van der Waals surface area contributed by atoms with Gasteiger partial charge in [-0.1, -0.05) is 0 Å². The zero-order valence-electron chi connectivity index (χ0n) is 12.6. The Morgan fingerprint density at radius 3 is 2.65 bits per heavy atom. The van der Waals surface area contributed by atoms with E-state index in [9.17, 15) is 14.3 Å². The first-order chi connectivity index (χ1) is 11.2. The Morgan fingerprint density at radius 1 is 1.26 bits per heavy atom. The van der Waals surface area contributed by atoms with Gasteiger partial charge in [-0.3, -0.25) is 4.79 Å². The molecule has 0 unspecified atom stereocenters. The molecule has 0 saturated carbocycles. The van der Waals surface area contributed by atoms with Crippen molar-refractivity contribution in [3.05, 3.63) is 58.4 Å². The molecule has 7 heteroatoms. The summed E-state index contributed by atoms with van der Waals surface area (Å²) in [5, 5.41) is 14.1. The number of hydrogen-bond acceptors (Lipinski definition) is 4. The first kappa shape index (κ1) is 15.4. The third-order valence-electron chi connectivity index (χ3n) is 3.67. The van der Waals surface area contributed by atoms with Crippen molar-refractivity contribution in [1.29, 1.82) is 0 Å². The number of benzene rings is 1. The number of ether oxygens (including phenoxy) is 1. The lowest BCUT2D eigenvalue weighted by molar-refractivity contribution is 0.186. The van der Waals surface area contributed by atoms with Gasteiger partial charge in [0.2, 0.25) is 0 Å². The first-order valence-electron chi connectivity index (χ1n) is 7.12. The Kier molecular flexibility index (Phi) is 4.22. The van der Waals surface area contributed by atoms with Gasteiger partial charge in [-0.05, 0) is 24.3 Å². The van der Waals surface area contributed by atoms with E-state index in [0.29, 0.717) is 35.5 Å². The second kappa shape index (κ2) is 6.31. The zero-order valence-corrected chi connectivity index (χ0v) is 12.6. The number of aliphatic hydroxyl groups is 1. The number of rotatable bonds is 5. The molecule has 23 heavy (non-hydrogen) atoms. The molecular formula is C16H16FN3O3. The van der Waals surface area contributed by atoms with Gasteiger partial charge in [0.05, 0.1) is 18.9 Å². The van der Waals surface area contributed by atoms with E-state index >= 15 is 0 Å². The average Bonchev–Trinajstić information content (AvgIpc) is 2.94. The highest BCUT2D eigenvalue weighted by atomic mass is 19.1. The van der Waals surface area contributed by atoms with Crippen molar-refractivity contribution in [2.24, 2.45) is 0 Å². The maximum atomic E-state index is 13.1. The molecule has 1 N–H and O–H groups in total. The molecular weight excluding hydrogens is 301 g/mol. The number of aliphatic hydroxyl groups excluding tert-OH is 1. The van der Waals surface area contributed by atoms with E-state index in [1.165, 1.54) is 21.2 Å². The third kappa shape index (κ3) is 2.76. The number of halogens is 1. The summed E-state index contributed by atoms with van der Waals surface area (Å²) in [5.41, 5.74) is 1.59. The molecule has 0 radical (unpaired) electrons. The van der Waals surface area contributed by atoms with Crippen molar-refractivity contribution in [2.45, 2.75) is 13.2 Å². The van der Waals surface area contributed by atoms with Gasteiger partial charge in [-0.15, -0.1) is 0 Å².